The number of ketones is 1. The highest BCUT2D eigenvalue weighted by atomic mass is 16.6. The number of carbonyl (C=O) groups excluding carboxylic acids is 1. The Morgan fingerprint density at radius 1 is 1.05 bits per heavy atom. The van der Waals surface area contributed by atoms with Gasteiger partial charge in [-0.15, -0.1) is 0 Å². The van der Waals surface area contributed by atoms with E-state index in [1.807, 2.05) is 24.3 Å². The van der Waals surface area contributed by atoms with Crippen LogP contribution in [0.3, 0.4) is 0 Å². The van der Waals surface area contributed by atoms with E-state index in [1.165, 1.54) is 12.1 Å². The summed E-state index contributed by atoms with van der Waals surface area (Å²) in [5.74, 6) is 0.0170. The SMILES string of the molecule is O=C1/C(=C\c2cccc([N+](=O)[O-])c2)CCc2ccccc21. The Morgan fingerprint density at radius 3 is 2.67 bits per heavy atom. The molecule has 0 radical (unpaired) electrons. The fourth-order valence-corrected chi connectivity index (χ4v) is 2.58. The molecule has 0 aliphatic heterocycles. The van der Waals surface area contributed by atoms with Crippen LogP contribution in [0, 0.1) is 10.1 Å². The Morgan fingerprint density at radius 2 is 1.86 bits per heavy atom. The molecule has 0 amide bonds. The summed E-state index contributed by atoms with van der Waals surface area (Å²) in [5, 5.41) is 10.8. The minimum atomic E-state index is -0.431. The van der Waals surface area contributed by atoms with Crippen molar-refractivity contribution in [2.45, 2.75) is 12.8 Å². The molecule has 0 aromatic heterocycles. The normalized spacial score (nSPS) is 15.8. The van der Waals surface area contributed by atoms with Gasteiger partial charge in [-0.25, -0.2) is 0 Å². The number of allylic oxidation sites excluding steroid dienone is 1. The zero-order valence-electron chi connectivity index (χ0n) is 11.3. The second kappa shape index (κ2) is 5.32. The first-order valence-corrected chi connectivity index (χ1v) is 6.73. The van der Waals surface area contributed by atoms with Crippen molar-refractivity contribution in [2.24, 2.45) is 0 Å². The van der Waals surface area contributed by atoms with Gasteiger partial charge in [0.2, 0.25) is 0 Å². The van der Waals surface area contributed by atoms with E-state index >= 15 is 0 Å². The van der Waals surface area contributed by atoms with E-state index in [-0.39, 0.29) is 11.5 Å². The molecule has 4 heteroatoms. The lowest BCUT2D eigenvalue weighted by Gasteiger charge is -2.17. The molecule has 0 saturated heterocycles. The number of fused-ring (bicyclic) bond motifs is 1. The largest absolute Gasteiger partial charge is 0.289 e. The molecule has 0 fully saturated rings. The Hall–Kier alpha value is -2.75. The number of nitro benzene ring substituents is 1. The van der Waals surface area contributed by atoms with Gasteiger partial charge in [0.1, 0.15) is 0 Å². The summed E-state index contributed by atoms with van der Waals surface area (Å²) in [7, 11) is 0. The number of aryl methyl sites for hydroxylation is 1. The van der Waals surface area contributed by atoms with Crippen LogP contribution in [-0.4, -0.2) is 10.7 Å². The highest BCUT2D eigenvalue weighted by molar-refractivity contribution is 6.13. The predicted octanol–water partition coefficient (Wildman–Crippen LogP) is 3.81. The molecule has 0 heterocycles. The molecule has 0 spiro atoms. The third-order valence-corrected chi connectivity index (χ3v) is 3.64. The average Bonchev–Trinajstić information content (AvgIpc) is 2.51. The highest BCUT2D eigenvalue weighted by Gasteiger charge is 2.21. The first-order valence-electron chi connectivity index (χ1n) is 6.73. The Balaban J connectivity index is 1.97. The average molecular weight is 279 g/mol. The van der Waals surface area contributed by atoms with E-state index in [2.05, 4.69) is 0 Å². The van der Waals surface area contributed by atoms with Crippen LogP contribution < -0.4 is 0 Å². The topological polar surface area (TPSA) is 60.2 Å². The zero-order chi connectivity index (χ0) is 14.8. The lowest BCUT2D eigenvalue weighted by Crippen LogP contribution is -2.13. The second-order valence-corrected chi connectivity index (χ2v) is 5.01. The van der Waals surface area contributed by atoms with Crippen molar-refractivity contribution in [3.8, 4) is 0 Å². The van der Waals surface area contributed by atoms with Gasteiger partial charge in [0.15, 0.2) is 5.78 Å². The molecule has 1 aliphatic carbocycles. The van der Waals surface area contributed by atoms with E-state index in [0.717, 1.165) is 17.5 Å². The van der Waals surface area contributed by atoms with Crippen LogP contribution in [0.25, 0.3) is 6.08 Å². The number of non-ortho nitro benzene ring substituents is 1. The van der Waals surface area contributed by atoms with Gasteiger partial charge in [0.25, 0.3) is 5.69 Å². The van der Waals surface area contributed by atoms with Crippen LogP contribution in [0.15, 0.2) is 54.1 Å². The number of hydrogen-bond acceptors (Lipinski definition) is 3. The molecule has 104 valence electrons. The van der Waals surface area contributed by atoms with Crippen LogP contribution in [0.4, 0.5) is 5.69 Å². The molecule has 4 nitrogen and oxygen atoms in total. The Labute approximate surface area is 121 Å². The maximum absolute atomic E-state index is 12.4. The summed E-state index contributed by atoms with van der Waals surface area (Å²) in [5.41, 5.74) is 3.23. The molecule has 0 unspecified atom stereocenters. The molecule has 0 bridgehead atoms. The van der Waals surface area contributed by atoms with Crippen LogP contribution in [0.5, 0.6) is 0 Å². The predicted molar refractivity (Wildman–Crippen MR) is 80.2 cm³/mol. The Bertz CT molecular complexity index is 762. The van der Waals surface area contributed by atoms with Gasteiger partial charge < -0.3 is 0 Å². The lowest BCUT2D eigenvalue weighted by molar-refractivity contribution is -0.384. The number of benzene rings is 2. The van der Waals surface area contributed by atoms with Gasteiger partial charge >= 0.3 is 0 Å². The van der Waals surface area contributed by atoms with E-state index in [0.29, 0.717) is 17.6 Å². The minimum absolute atomic E-state index is 0.0170. The van der Waals surface area contributed by atoms with Gasteiger partial charge in [-0.2, -0.15) is 0 Å². The molecule has 0 saturated carbocycles. The molecule has 2 aromatic carbocycles. The third kappa shape index (κ3) is 2.60. The first-order chi connectivity index (χ1) is 10.1. The number of rotatable bonds is 2. The van der Waals surface area contributed by atoms with Crippen molar-refractivity contribution >= 4 is 17.5 Å². The molecule has 1 aliphatic rings. The van der Waals surface area contributed by atoms with Crippen LogP contribution in [-0.2, 0) is 6.42 Å². The maximum atomic E-state index is 12.4. The van der Waals surface area contributed by atoms with Crippen molar-refractivity contribution in [2.75, 3.05) is 0 Å². The summed E-state index contributed by atoms with van der Waals surface area (Å²) in [6.45, 7) is 0. The van der Waals surface area contributed by atoms with E-state index < -0.39 is 4.92 Å². The summed E-state index contributed by atoms with van der Waals surface area (Å²) in [6.07, 6.45) is 3.24. The van der Waals surface area contributed by atoms with Crippen molar-refractivity contribution in [1.82, 2.24) is 0 Å². The van der Waals surface area contributed by atoms with Gasteiger partial charge in [0.05, 0.1) is 4.92 Å². The first kappa shape index (κ1) is 13.2. The second-order valence-electron chi connectivity index (χ2n) is 5.01. The van der Waals surface area contributed by atoms with Crippen molar-refractivity contribution in [3.05, 3.63) is 80.9 Å². The minimum Gasteiger partial charge on any atom is -0.289 e. The smallest absolute Gasteiger partial charge is 0.270 e. The summed E-state index contributed by atoms with van der Waals surface area (Å²) < 4.78 is 0. The van der Waals surface area contributed by atoms with Crippen molar-refractivity contribution in [3.63, 3.8) is 0 Å². The Kier molecular flexibility index (Phi) is 3.36. The fourth-order valence-electron chi connectivity index (χ4n) is 2.58. The van der Waals surface area contributed by atoms with Crippen LogP contribution in [0.2, 0.25) is 0 Å². The van der Waals surface area contributed by atoms with E-state index in [9.17, 15) is 14.9 Å². The molecule has 0 atom stereocenters. The standard InChI is InChI=1S/C17H13NO3/c19-17-14(9-8-13-5-1-2-7-16(13)17)10-12-4-3-6-15(11-12)18(20)21/h1-7,10-11H,8-9H2/b14-10-. The fraction of sp³-hybridized carbons (Fsp3) is 0.118. The summed E-state index contributed by atoms with van der Waals surface area (Å²) >= 11 is 0. The van der Waals surface area contributed by atoms with Gasteiger partial charge in [0, 0.05) is 23.3 Å². The number of nitrogens with zero attached hydrogens (tertiary/aromatic N) is 1. The van der Waals surface area contributed by atoms with Gasteiger partial charge in [-0.3, -0.25) is 14.9 Å². The summed E-state index contributed by atoms with van der Waals surface area (Å²) in [6, 6.07) is 13.9. The van der Waals surface area contributed by atoms with E-state index in [4.69, 9.17) is 0 Å². The monoisotopic (exact) mass is 279 g/mol. The highest BCUT2D eigenvalue weighted by Crippen LogP contribution is 2.27. The number of Topliss-reactive ketones (excluding diaryl/α,β-unsaturated/α-hetero) is 1. The molecule has 0 N–H and O–H groups in total. The van der Waals surface area contributed by atoms with Crippen molar-refractivity contribution < 1.29 is 9.72 Å². The maximum Gasteiger partial charge on any atom is 0.270 e. The number of nitro groups is 1. The van der Waals surface area contributed by atoms with Gasteiger partial charge in [-0.05, 0) is 30.0 Å². The van der Waals surface area contributed by atoms with Crippen LogP contribution in [0.1, 0.15) is 27.9 Å². The molecule has 21 heavy (non-hydrogen) atoms. The molecular weight excluding hydrogens is 266 g/mol. The quantitative estimate of drug-likeness (QED) is 0.477. The number of hydrogen-bond donors (Lipinski definition) is 0. The third-order valence-electron chi connectivity index (χ3n) is 3.64. The molecular formula is C17H13NO3. The zero-order valence-corrected chi connectivity index (χ0v) is 11.3. The van der Waals surface area contributed by atoms with Gasteiger partial charge in [-0.1, -0.05) is 36.4 Å². The van der Waals surface area contributed by atoms with E-state index in [1.54, 1.807) is 18.2 Å². The number of carbonyl (C=O) groups is 1. The summed E-state index contributed by atoms with van der Waals surface area (Å²) in [4.78, 5) is 22.8. The van der Waals surface area contributed by atoms with Crippen molar-refractivity contribution in [1.29, 1.82) is 0 Å². The molecule has 3 rings (SSSR count). The molecule has 2 aromatic rings. The lowest BCUT2D eigenvalue weighted by atomic mass is 9.86. The van der Waals surface area contributed by atoms with Crippen LogP contribution >= 0.6 is 0 Å².